The van der Waals surface area contributed by atoms with Crippen LogP contribution in [0, 0.1) is 0 Å². The molecule has 1 atom stereocenters. The third-order valence-corrected chi connectivity index (χ3v) is 6.39. The second kappa shape index (κ2) is 4.84. The molecule has 0 fully saturated rings. The van der Waals surface area contributed by atoms with Crippen molar-refractivity contribution in [3.63, 3.8) is 0 Å². The Morgan fingerprint density at radius 1 is 1.29 bits per heavy atom. The summed E-state index contributed by atoms with van der Waals surface area (Å²) in [5.74, 6) is 0. The van der Waals surface area contributed by atoms with Crippen LogP contribution in [-0.4, -0.2) is 16.6 Å². The first kappa shape index (κ1) is 13.0. The van der Waals surface area contributed by atoms with Gasteiger partial charge in [-0.05, 0) is 51.1 Å². The van der Waals surface area contributed by atoms with Crippen molar-refractivity contribution in [3.8, 4) is 0 Å². The second-order valence-electron chi connectivity index (χ2n) is 4.00. The summed E-state index contributed by atoms with van der Waals surface area (Å²) in [7, 11) is 1.44. The van der Waals surface area contributed by atoms with Crippen molar-refractivity contribution in [2.24, 2.45) is 0 Å². The lowest BCUT2D eigenvalue weighted by Gasteiger charge is -2.24. The highest BCUT2D eigenvalue weighted by Gasteiger charge is 2.31. The number of halogens is 2. The molecule has 0 aliphatic carbocycles. The molecule has 0 N–H and O–H groups in total. The smallest absolute Gasteiger partial charge is 0.0855 e. The molecule has 0 saturated carbocycles. The zero-order chi connectivity index (χ0) is 10.9. The van der Waals surface area contributed by atoms with Gasteiger partial charge in [0, 0.05) is 5.16 Å². The van der Waals surface area contributed by atoms with Gasteiger partial charge >= 0.3 is 0 Å². The van der Waals surface area contributed by atoms with Crippen molar-refractivity contribution in [2.45, 2.75) is 39.3 Å². The van der Waals surface area contributed by atoms with Gasteiger partial charge in [0.2, 0.25) is 0 Å². The molecule has 0 aromatic carbocycles. The van der Waals surface area contributed by atoms with E-state index in [1.165, 1.54) is 24.6 Å². The van der Waals surface area contributed by atoms with Crippen LogP contribution in [0.2, 0.25) is 0 Å². The maximum Gasteiger partial charge on any atom is 0.0855 e. The van der Waals surface area contributed by atoms with Gasteiger partial charge in [-0.15, -0.1) is 0 Å². The van der Waals surface area contributed by atoms with Crippen molar-refractivity contribution >= 4 is 42.6 Å². The van der Waals surface area contributed by atoms with Gasteiger partial charge in [-0.3, -0.25) is 0 Å². The van der Waals surface area contributed by atoms with E-state index in [4.69, 9.17) is 22.5 Å². The molecule has 80 valence electrons. The molecule has 0 amide bonds. The molecule has 1 heterocycles. The van der Waals surface area contributed by atoms with Gasteiger partial charge in [0.15, 0.2) is 0 Å². The minimum Gasteiger partial charge on any atom is -0.0899 e. The Hall–Kier alpha value is 0.920. The van der Waals surface area contributed by atoms with E-state index >= 15 is 0 Å². The van der Waals surface area contributed by atoms with E-state index < -0.39 is 6.63 Å². The first-order valence-electron chi connectivity index (χ1n) is 4.71. The van der Waals surface area contributed by atoms with Crippen LogP contribution < -0.4 is 0 Å². The van der Waals surface area contributed by atoms with E-state index in [1.807, 2.05) is 0 Å². The molecule has 14 heavy (non-hydrogen) atoms. The molecule has 0 saturated heterocycles. The monoisotopic (exact) mass is 268 g/mol. The molecule has 0 bridgehead atoms. The number of hydrogen-bond acceptors (Lipinski definition) is 0. The summed E-state index contributed by atoms with van der Waals surface area (Å²) in [5, 5.41) is 1.79. The van der Waals surface area contributed by atoms with Crippen molar-refractivity contribution in [2.75, 3.05) is 6.16 Å². The summed E-state index contributed by atoms with van der Waals surface area (Å²) < 4.78 is 0. The van der Waals surface area contributed by atoms with Crippen LogP contribution in [0.15, 0.2) is 11.1 Å². The van der Waals surface area contributed by atoms with Crippen LogP contribution in [0.3, 0.4) is 0 Å². The van der Waals surface area contributed by atoms with Crippen molar-refractivity contribution in [1.82, 2.24) is 0 Å². The van der Waals surface area contributed by atoms with E-state index in [0.29, 0.717) is 5.16 Å². The fourth-order valence-corrected chi connectivity index (χ4v) is 4.69. The Balaban J connectivity index is 2.78. The summed E-state index contributed by atoms with van der Waals surface area (Å²) in [4.78, 5) is 0. The first-order valence-corrected chi connectivity index (χ1v) is 8.94. The Bertz CT molecular complexity index is 294. The summed E-state index contributed by atoms with van der Waals surface area (Å²) in [5.41, 5.74) is 2.99. The van der Waals surface area contributed by atoms with Crippen LogP contribution >= 0.6 is 37.3 Å². The highest BCUT2D eigenvalue weighted by atomic mass is 35.9. The Labute approximate surface area is 99.2 Å². The predicted octanol–water partition coefficient (Wildman–Crippen LogP) is 5.41. The van der Waals surface area contributed by atoms with E-state index in [2.05, 4.69) is 27.7 Å². The SMILES string of the molecule is CC1=PC(C)(CCP(Cl)Cl)C(C)=C1C. The largest absolute Gasteiger partial charge is 0.0899 e. The summed E-state index contributed by atoms with van der Waals surface area (Å²) in [6.45, 7) is 8.20. The van der Waals surface area contributed by atoms with Crippen LogP contribution in [-0.2, 0) is 0 Å². The van der Waals surface area contributed by atoms with Crippen molar-refractivity contribution in [3.05, 3.63) is 11.1 Å². The Morgan fingerprint density at radius 3 is 2.21 bits per heavy atom. The molecule has 0 aromatic rings. The lowest BCUT2D eigenvalue weighted by Crippen LogP contribution is -2.17. The van der Waals surface area contributed by atoms with Gasteiger partial charge in [0.05, 0.1) is 6.63 Å². The molecule has 0 nitrogen and oxygen atoms in total. The average molecular weight is 269 g/mol. The topological polar surface area (TPSA) is 0 Å². The van der Waals surface area contributed by atoms with Gasteiger partial charge in [-0.25, -0.2) is 0 Å². The molecule has 0 radical (unpaired) electrons. The predicted molar refractivity (Wildman–Crippen MR) is 72.5 cm³/mol. The summed E-state index contributed by atoms with van der Waals surface area (Å²) in [6, 6.07) is 0. The molecule has 0 aromatic heterocycles. The number of allylic oxidation sites excluding steroid dienone is 2. The molecule has 1 aliphatic rings. The quantitative estimate of drug-likeness (QED) is 0.600. The van der Waals surface area contributed by atoms with Gasteiger partial charge in [0.25, 0.3) is 0 Å². The molecule has 4 heteroatoms. The average Bonchev–Trinajstić information content (AvgIpc) is 2.28. The van der Waals surface area contributed by atoms with Crippen LogP contribution in [0.5, 0.6) is 0 Å². The maximum atomic E-state index is 5.84. The third-order valence-electron chi connectivity index (χ3n) is 3.10. The number of rotatable bonds is 3. The molecule has 1 aliphatic heterocycles. The normalized spacial score (nSPS) is 28.6. The van der Waals surface area contributed by atoms with E-state index in [9.17, 15) is 0 Å². The van der Waals surface area contributed by atoms with Gasteiger partial charge < -0.3 is 0 Å². The highest BCUT2D eigenvalue weighted by molar-refractivity contribution is 8.03. The summed E-state index contributed by atoms with van der Waals surface area (Å²) in [6.07, 6.45) is 2.05. The molecule has 1 rings (SSSR count). The van der Waals surface area contributed by atoms with Gasteiger partial charge in [-0.1, -0.05) is 36.3 Å². The molecule has 1 unspecified atom stereocenters. The minimum atomic E-state index is -0.788. The van der Waals surface area contributed by atoms with Crippen LogP contribution in [0.4, 0.5) is 0 Å². The number of hydrogen-bond donors (Lipinski definition) is 0. The fourth-order valence-electron chi connectivity index (χ4n) is 1.76. The minimum absolute atomic E-state index is 0.290. The molecular weight excluding hydrogens is 253 g/mol. The zero-order valence-electron chi connectivity index (χ0n) is 9.06. The fraction of sp³-hybridized carbons (Fsp3) is 0.700. The lowest BCUT2D eigenvalue weighted by atomic mass is 9.94. The Kier molecular flexibility index (Phi) is 4.49. The van der Waals surface area contributed by atoms with E-state index in [-0.39, 0.29) is 0 Å². The molecule has 0 spiro atoms. The van der Waals surface area contributed by atoms with Crippen molar-refractivity contribution < 1.29 is 0 Å². The van der Waals surface area contributed by atoms with Crippen LogP contribution in [0.1, 0.15) is 34.1 Å². The van der Waals surface area contributed by atoms with E-state index in [1.54, 1.807) is 0 Å². The summed E-state index contributed by atoms with van der Waals surface area (Å²) >= 11 is 11.7. The van der Waals surface area contributed by atoms with E-state index in [0.717, 1.165) is 12.6 Å². The first-order chi connectivity index (χ1) is 6.37. The molecular formula is C10H16Cl2P2. The lowest BCUT2D eigenvalue weighted by molar-refractivity contribution is 0.716. The third kappa shape index (κ3) is 2.73. The Morgan fingerprint density at radius 2 is 1.86 bits per heavy atom. The standard InChI is InChI=1S/C10H16Cl2P2/c1-7-8(2)10(4,13-9(7)3)5-6-14(11)12/h5-6H2,1-4H3. The zero-order valence-corrected chi connectivity index (χ0v) is 12.4. The van der Waals surface area contributed by atoms with Gasteiger partial charge in [-0.2, -0.15) is 0 Å². The highest BCUT2D eigenvalue weighted by Crippen LogP contribution is 2.52. The second-order valence-corrected chi connectivity index (χ2v) is 9.90. The van der Waals surface area contributed by atoms with Gasteiger partial charge in [0.1, 0.15) is 0 Å². The van der Waals surface area contributed by atoms with Crippen LogP contribution in [0.25, 0.3) is 0 Å². The maximum absolute atomic E-state index is 5.84. The van der Waals surface area contributed by atoms with Crippen molar-refractivity contribution in [1.29, 1.82) is 0 Å².